The summed E-state index contributed by atoms with van der Waals surface area (Å²) >= 11 is 0. The lowest BCUT2D eigenvalue weighted by atomic mass is 10.1. The fourth-order valence-electron chi connectivity index (χ4n) is 1.30. The Morgan fingerprint density at radius 2 is 2.00 bits per heavy atom. The number of carboxylic acid groups (broad SMARTS) is 1. The Kier molecular flexibility index (Phi) is 2.79. The first kappa shape index (κ1) is 10.8. The second-order valence-corrected chi connectivity index (χ2v) is 3.28. The fourth-order valence-corrected chi connectivity index (χ4v) is 1.30. The third-order valence-corrected chi connectivity index (χ3v) is 2.17. The van der Waals surface area contributed by atoms with Crippen molar-refractivity contribution in [2.45, 2.75) is 0 Å². The van der Waals surface area contributed by atoms with Crippen LogP contribution in [0.3, 0.4) is 0 Å². The minimum atomic E-state index is -1.07. The summed E-state index contributed by atoms with van der Waals surface area (Å²) in [5, 5.41) is 17.3. The van der Waals surface area contributed by atoms with Gasteiger partial charge in [-0.15, -0.1) is 0 Å². The first-order valence-electron chi connectivity index (χ1n) is 4.76. The molecule has 0 aliphatic rings. The quantitative estimate of drug-likeness (QED) is 0.840. The maximum Gasteiger partial charge on any atom is 0.354 e. The molecule has 5 heteroatoms. The zero-order chi connectivity index (χ0) is 12.3. The number of nitriles is 1. The molecule has 0 amide bonds. The minimum Gasteiger partial charge on any atom is -0.477 e. The molecule has 2 heterocycles. The summed E-state index contributed by atoms with van der Waals surface area (Å²) < 4.78 is 0. The van der Waals surface area contributed by atoms with E-state index in [4.69, 9.17) is 10.4 Å². The smallest absolute Gasteiger partial charge is 0.354 e. The molecule has 0 fully saturated rings. The van der Waals surface area contributed by atoms with E-state index in [1.54, 1.807) is 18.2 Å². The van der Waals surface area contributed by atoms with Crippen LogP contribution in [0.15, 0.2) is 36.7 Å². The Labute approximate surface area is 97.0 Å². The van der Waals surface area contributed by atoms with Crippen LogP contribution in [0.25, 0.3) is 11.3 Å². The average Bonchev–Trinajstić information content (AvgIpc) is 2.39. The van der Waals surface area contributed by atoms with E-state index in [9.17, 15) is 4.79 Å². The fraction of sp³-hybridized carbons (Fsp3) is 0. The molecule has 2 rings (SSSR count). The summed E-state index contributed by atoms with van der Waals surface area (Å²) in [6, 6.07) is 8.35. The first-order chi connectivity index (χ1) is 8.20. The van der Waals surface area contributed by atoms with E-state index < -0.39 is 5.97 Å². The van der Waals surface area contributed by atoms with E-state index in [1.807, 2.05) is 6.07 Å². The van der Waals surface area contributed by atoms with Crippen LogP contribution < -0.4 is 0 Å². The zero-order valence-corrected chi connectivity index (χ0v) is 8.66. The van der Waals surface area contributed by atoms with Gasteiger partial charge in [-0.3, -0.25) is 4.98 Å². The Bertz CT molecular complexity index is 583. The van der Waals surface area contributed by atoms with E-state index in [2.05, 4.69) is 9.97 Å². The van der Waals surface area contributed by atoms with Gasteiger partial charge in [-0.1, -0.05) is 0 Å². The molecule has 0 saturated heterocycles. The third-order valence-electron chi connectivity index (χ3n) is 2.17. The van der Waals surface area contributed by atoms with Crippen molar-refractivity contribution < 1.29 is 9.90 Å². The highest BCUT2D eigenvalue weighted by molar-refractivity contribution is 5.85. The summed E-state index contributed by atoms with van der Waals surface area (Å²) in [5.41, 5.74) is 1.82. The Balaban J connectivity index is 2.33. The second-order valence-electron chi connectivity index (χ2n) is 3.28. The van der Waals surface area contributed by atoms with Crippen LogP contribution in [0.5, 0.6) is 0 Å². The first-order valence-corrected chi connectivity index (χ1v) is 4.76. The van der Waals surface area contributed by atoms with Crippen molar-refractivity contribution in [3.63, 3.8) is 0 Å². The van der Waals surface area contributed by atoms with Crippen molar-refractivity contribution in [2.24, 2.45) is 0 Å². The van der Waals surface area contributed by atoms with Gasteiger partial charge in [0.15, 0.2) is 0 Å². The van der Waals surface area contributed by atoms with Gasteiger partial charge >= 0.3 is 5.97 Å². The maximum atomic E-state index is 10.6. The monoisotopic (exact) mass is 225 g/mol. The molecule has 2 aromatic rings. The topological polar surface area (TPSA) is 86.9 Å². The van der Waals surface area contributed by atoms with Gasteiger partial charge in [0.25, 0.3) is 0 Å². The summed E-state index contributed by atoms with van der Waals surface area (Å²) in [7, 11) is 0. The number of aromatic carboxylic acids is 1. The van der Waals surface area contributed by atoms with E-state index in [0.29, 0.717) is 16.8 Å². The van der Waals surface area contributed by atoms with E-state index in [1.165, 1.54) is 18.5 Å². The van der Waals surface area contributed by atoms with Crippen molar-refractivity contribution in [2.75, 3.05) is 0 Å². The normalized spacial score (nSPS) is 9.59. The molecule has 1 N–H and O–H groups in total. The van der Waals surface area contributed by atoms with Crippen LogP contribution in [-0.4, -0.2) is 21.0 Å². The van der Waals surface area contributed by atoms with Gasteiger partial charge in [-0.25, -0.2) is 9.78 Å². The van der Waals surface area contributed by atoms with Crippen LogP contribution in [0.2, 0.25) is 0 Å². The molecule has 2 aromatic heterocycles. The van der Waals surface area contributed by atoms with Gasteiger partial charge in [0.2, 0.25) is 0 Å². The van der Waals surface area contributed by atoms with E-state index in [-0.39, 0.29) is 5.69 Å². The summed E-state index contributed by atoms with van der Waals surface area (Å²) in [6.07, 6.45) is 2.90. The van der Waals surface area contributed by atoms with Crippen molar-refractivity contribution in [1.82, 2.24) is 9.97 Å². The summed E-state index contributed by atoms with van der Waals surface area (Å²) in [4.78, 5) is 18.5. The van der Waals surface area contributed by atoms with Crippen molar-refractivity contribution in [1.29, 1.82) is 5.26 Å². The van der Waals surface area contributed by atoms with Crippen molar-refractivity contribution in [3.8, 4) is 17.3 Å². The predicted octanol–water partition coefficient (Wildman–Crippen LogP) is 1.71. The standard InChI is InChI=1S/C12H7N3O2/c13-5-8-1-3-10(14-6-8)9-2-4-11(12(16)17)15-7-9/h1-4,6-7H,(H,16,17). The molecular formula is C12H7N3O2. The molecule has 17 heavy (non-hydrogen) atoms. The number of carbonyl (C=O) groups is 1. The SMILES string of the molecule is N#Cc1ccc(-c2ccc(C(=O)O)nc2)nc1. The predicted molar refractivity (Wildman–Crippen MR) is 59.1 cm³/mol. The van der Waals surface area contributed by atoms with E-state index >= 15 is 0 Å². The molecule has 0 unspecified atom stereocenters. The van der Waals surface area contributed by atoms with Gasteiger partial charge in [0.1, 0.15) is 11.8 Å². The van der Waals surface area contributed by atoms with Crippen LogP contribution in [-0.2, 0) is 0 Å². The van der Waals surface area contributed by atoms with Crippen molar-refractivity contribution in [3.05, 3.63) is 47.9 Å². The lowest BCUT2D eigenvalue weighted by molar-refractivity contribution is 0.0690. The van der Waals surface area contributed by atoms with E-state index in [0.717, 1.165) is 0 Å². The van der Waals surface area contributed by atoms with Gasteiger partial charge in [0.05, 0.1) is 11.3 Å². The Morgan fingerprint density at radius 1 is 1.18 bits per heavy atom. The van der Waals surface area contributed by atoms with Crippen LogP contribution >= 0.6 is 0 Å². The van der Waals surface area contributed by atoms with Gasteiger partial charge in [-0.05, 0) is 24.3 Å². The molecule has 0 radical (unpaired) electrons. The number of hydrogen-bond acceptors (Lipinski definition) is 4. The molecule has 0 aliphatic heterocycles. The number of carboxylic acids is 1. The molecule has 0 aromatic carbocycles. The lowest BCUT2D eigenvalue weighted by Crippen LogP contribution is -1.99. The number of aromatic nitrogens is 2. The molecule has 82 valence electrons. The molecule has 0 saturated carbocycles. The highest BCUT2D eigenvalue weighted by Crippen LogP contribution is 2.15. The summed E-state index contributed by atoms with van der Waals surface area (Å²) in [5.74, 6) is -1.07. The molecule has 0 atom stereocenters. The average molecular weight is 225 g/mol. The number of nitrogens with zero attached hydrogens (tertiary/aromatic N) is 3. The molecule has 5 nitrogen and oxygen atoms in total. The Morgan fingerprint density at radius 3 is 2.47 bits per heavy atom. The van der Waals surface area contributed by atoms with Gasteiger partial charge in [-0.2, -0.15) is 5.26 Å². The van der Waals surface area contributed by atoms with Gasteiger partial charge in [0, 0.05) is 18.0 Å². The maximum absolute atomic E-state index is 10.6. The van der Waals surface area contributed by atoms with Crippen LogP contribution in [0, 0.1) is 11.3 Å². The third kappa shape index (κ3) is 2.26. The number of pyridine rings is 2. The number of rotatable bonds is 2. The van der Waals surface area contributed by atoms with Crippen LogP contribution in [0.4, 0.5) is 0 Å². The summed E-state index contributed by atoms with van der Waals surface area (Å²) in [6.45, 7) is 0. The molecule has 0 spiro atoms. The highest BCUT2D eigenvalue weighted by Gasteiger charge is 2.05. The van der Waals surface area contributed by atoms with Gasteiger partial charge < -0.3 is 5.11 Å². The number of hydrogen-bond donors (Lipinski definition) is 1. The molecule has 0 bridgehead atoms. The van der Waals surface area contributed by atoms with Crippen LogP contribution in [0.1, 0.15) is 16.1 Å². The molecular weight excluding hydrogens is 218 g/mol. The Hall–Kier alpha value is -2.74. The lowest BCUT2D eigenvalue weighted by Gasteiger charge is -2.00. The second kappa shape index (κ2) is 4.41. The van der Waals surface area contributed by atoms with Crippen molar-refractivity contribution >= 4 is 5.97 Å². The largest absolute Gasteiger partial charge is 0.477 e. The minimum absolute atomic E-state index is 0.0117. The zero-order valence-electron chi connectivity index (χ0n) is 8.66. The molecule has 0 aliphatic carbocycles. The highest BCUT2D eigenvalue weighted by atomic mass is 16.4.